The Hall–Kier alpha value is -1.13. The summed E-state index contributed by atoms with van der Waals surface area (Å²) in [4.78, 5) is 12.1. The molecule has 3 rings (SSSR count). The zero-order valence-corrected chi connectivity index (χ0v) is 11.2. The Morgan fingerprint density at radius 1 is 1.32 bits per heavy atom. The third kappa shape index (κ3) is 2.60. The summed E-state index contributed by atoms with van der Waals surface area (Å²) in [6, 6.07) is 5.37. The van der Waals surface area contributed by atoms with E-state index in [9.17, 15) is 9.18 Å². The molecule has 0 spiro atoms. The van der Waals surface area contributed by atoms with Crippen molar-refractivity contribution in [2.45, 2.75) is 43.8 Å². The molecule has 1 aromatic rings. The molecule has 0 aromatic heterocycles. The van der Waals surface area contributed by atoms with Crippen molar-refractivity contribution in [1.82, 2.24) is 10.6 Å². The first-order chi connectivity index (χ1) is 9.13. The van der Waals surface area contributed by atoms with E-state index in [-0.39, 0.29) is 16.6 Å². The van der Waals surface area contributed by atoms with E-state index in [1.807, 2.05) is 0 Å². The van der Waals surface area contributed by atoms with Gasteiger partial charge < -0.3 is 10.6 Å². The summed E-state index contributed by atoms with van der Waals surface area (Å²) in [6.07, 6.45) is 4.15. The Labute approximate surface area is 116 Å². The summed E-state index contributed by atoms with van der Waals surface area (Å²) in [5, 5.41) is 6.58. The first kappa shape index (κ1) is 12.9. The third-order valence-corrected chi connectivity index (χ3v) is 4.31. The van der Waals surface area contributed by atoms with Gasteiger partial charge in [-0.2, -0.15) is 0 Å². The molecule has 0 radical (unpaired) electrons. The predicted molar refractivity (Wildman–Crippen MR) is 71.8 cm³/mol. The number of nitrogens with one attached hydrogen (secondary N) is 2. The number of piperidine rings is 1. The zero-order valence-electron chi connectivity index (χ0n) is 10.5. The largest absolute Gasteiger partial charge is 0.349 e. The first-order valence-corrected chi connectivity index (χ1v) is 7.02. The van der Waals surface area contributed by atoms with Gasteiger partial charge in [-0.05, 0) is 37.8 Å². The number of rotatable bonds is 2. The molecule has 2 heterocycles. The van der Waals surface area contributed by atoms with Crippen LogP contribution in [-0.4, -0.2) is 24.0 Å². The topological polar surface area (TPSA) is 41.1 Å². The molecule has 0 aliphatic carbocycles. The lowest BCUT2D eigenvalue weighted by atomic mass is 9.99. The van der Waals surface area contributed by atoms with Crippen molar-refractivity contribution in [2.24, 2.45) is 0 Å². The lowest BCUT2D eigenvalue weighted by molar-refractivity contribution is 0.0920. The van der Waals surface area contributed by atoms with Crippen LogP contribution in [0.25, 0.3) is 0 Å². The number of fused-ring (bicyclic) bond motifs is 2. The van der Waals surface area contributed by atoms with Gasteiger partial charge in [0, 0.05) is 18.1 Å². The molecule has 0 saturated carbocycles. The van der Waals surface area contributed by atoms with Crippen LogP contribution in [0.3, 0.4) is 0 Å². The van der Waals surface area contributed by atoms with Crippen LogP contribution in [0.15, 0.2) is 18.2 Å². The molecule has 5 heteroatoms. The minimum Gasteiger partial charge on any atom is -0.349 e. The molecule has 19 heavy (non-hydrogen) atoms. The van der Waals surface area contributed by atoms with Crippen molar-refractivity contribution in [1.29, 1.82) is 0 Å². The average Bonchev–Trinajstić information content (AvgIpc) is 2.68. The molecule has 2 N–H and O–H groups in total. The minimum atomic E-state index is -0.568. The van der Waals surface area contributed by atoms with Crippen LogP contribution in [0, 0.1) is 5.82 Å². The van der Waals surface area contributed by atoms with E-state index in [1.54, 1.807) is 0 Å². The number of carbonyl (C=O) groups excluding carboxylic acids is 1. The van der Waals surface area contributed by atoms with Crippen molar-refractivity contribution in [2.75, 3.05) is 0 Å². The normalized spacial score (nSPS) is 29.3. The third-order valence-electron chi connectivity index (χ3n) is 4.00. The summed E-state index contributed by atoms with van der Waals surface area (Å²) in [5.74, 6) is -0.976. The van der Waals surface area contributed by atoms with Crippen LogP contribution in [0.2, 0.25) is 5.02 Å². The molecule has 2 unspecified atom stereocenters. The van der Waals surface area contributed by atoms with Gasteiger partial charge in [0.25, 0.3) is 5.91 Å². The summed E-state index contributed by atoms with van der Waals surface area (Å²) >= 11 is 5.90. The van der Waals surface area contributed by atoms with Crippen molar-refractivity contribution < 1.29 is 9.18 Å². The number of hydrogen-bond acceptors (Lipinski definition) is 2. The molecule has 2 aliphatic rings. The van der Waals surface area contributed by atoms with E-state index in [0.717, 1.165) is 25.7 Å². The molecule has 2 bridgehead atoms. The fourth-order valence-electron chi connectivity index (χ4n) is 3.15. The summed E-state index contributed by atoms with van der Waals surface area (Å²) in [6.45, 7) is 0. The smallest absolute Gasteiger partial charge is 0.255 e. The lowest BCUT2D eigenvalue weighted by Crippen LogP contribution is -2.48. The van der Waals surface area contributed by atoms with Crippen LogP contribution >= 0.6 is 11.6 Å². The number of carbonyl (C=O) groups is 1. The van der Waals surface area contributed by atoms with Gasteiger partial charge >= 0.3 is 0 Å². The van der Waals surface area contributed by atoms with Crippen LogP contribution in [0.4, 0.5) is 4.39 Å². The molecular formula is C14H16ClFN2O. The fraction of sp³-hybridized carbons (Fsp3) is 0.500. The highest BCUT2D eigenvalue weighted by Gasteiger charge is 2.34. The highest BCUT2D eigenvalue weighted by atomic mass is 35.5. The van der Waals surface area contributed by atoms with Gasteiger partial charge in [0.1, 0.15) is 5.82 Å². The number of amides is 1. The van der Waals surface area contributed by atoms with Crippen LogP contribution in [-0.2, 0) is 0 Å². The maximum absolute atomic E-state index is 13.7. The van der Waals surface area contributed by atoms with Crippen molar-refractivity contribution in [3.05, 3.63) is 34.6 Å². The molecule has 2 aliphatic heterocycles. The Kier molecular flexibility index (Phi) is 3.46. The van der Waals surface area contributed by atoms with Gasteiger partial charge in [-0.3, -0.25) is 4.79 Å². The van der Waals surface area contributed by atoms with E-state index in [2.05, 4.69) is 10.6 Å². The lowest BCUT2D eigenvalue weighted by Gasteiger charge is -2.29. The van der Waals surface area contributed by atoms with E-state index in [1.165, 1.54) is 18.2 Å². The van der Waals surface area contributed by atoms with Crippen LogP contribution < -0.4 is 10.6 Å². The summed E-state index contributed by atoms with van der Waals surface area (Å²) < 4.78 is 13.7. The zero-order chi connectivity index (χ0) is 13.4. The second-order valence-electron chi connectivity index (χ2n) is 5.38. The van der Waals surface area contributed by atoms with Crippen molar-refractivity contribution in [3.8, 4) is 0 Å². The van der Waals surface area contributed by atoms with Crippen LogP contribution in [0.5, 0.6) is 0 Å². The molecular weight excluding hydrogens is 267 g/mol. The maximum atomic E-state index is 13.7. The second-order valence-corrected chi connectivity index (χ2v) is 5.78. The Balaban J connectivity index is 1.71. The van der Waals surface area contributed by atoms with Gasteiger partial charge in [0.15, 0.2) is 0 Å². The van der Waals surface area contributed by atoms with E-state index < -0.39 is 11.7 Å². The minimum absolute atomic E-state index is 0.0463. The van der Waals surface area contributed by atoms with E-state index in [4.69, 9.17) is 11.6 Å². The van der Waals surface area contributed by atoms with Crippen molar-refractivity contribution in [3.63, 3.8) is 0 Å². The predicted octanol–water partition coefficient (Wildman–Crippen LogP) is 2.49. The van der Waals surface area contributed by atoms with Gasteiger partial charge in [0.2, 0.25) is 0 Å². The van der Waals surface area contributed by atoms with Crippen LogP contribution in [0.1, 0.15) is 36.0 Å². The van der Waals surface area contributed by atoms with E-state index >= 15 is 0 Å². The highest BCUT2D eigenvalue weighted by Crippen LogP contribution is 2.27. The Bertz CT molecular complexity index is 476. The molecule has 2 saturated heterocycles. The molecule has 102 valence electrons. The number of benzene rings is 1. The van der Waals surface area contributed by atoms with Gasteiger partial charge in [0.05, 0.1) is 10.6 Å². The van der Waals surface area contributed by atoms with Gasteiger partial charge in [-0.1, -0.05) is 17.7 Å². The molecule has 3 nitrogen and oxygen atoms in total. The fourth-order valence-corrected chi connectivity index (χ4v) is 3.40. The first-order valence-electron chi connectivity index (χ1n) is 6.64. The van der Waals surface area contributed by atoms with E-state index in [0.29, 0.717) is 12.1 Å². The standard InChI is InChI=1S/C14H16ClFN2O/c15-11-2-1-3-12(16)13(11)14(19)18-10-6-8-4-5-9(7-10)17-8/h1-3,8-10,17H,4-7H2,(H,18,19). The Morgan fingerprint density at radius 3 is 2.63 bits per heavy atom. The maximum Gasteiger partial charge on any atom is 0.255 e. The number of hydrogen-bond donors (Lipinski definition) is 2. The SMILES string of the molecule is O=C(NC1CC2CCC(C1)N2)c1c(F)cccc1Cl. The quantitative estimate of drug-likeness (QED) is 0.875. The monoisotopic (exact) mass is 282 g/mol. The van der Waals surface area contributed by atoms with Gasteiger partial charge in [-0.25, -0.2) is 4.39 Å². The summed E-state index contributed by atoms with van der Waals surface area (Å²) in [5.41, 5.74) is -0.0463. The molecule has 1 aromatic carbocycles. The Morgan fingerprint density at radius 2 is 2.00 bits per heavy atom. The molecule has 2 fully saturated rings. The van der Waals surface area contributed by atoms with Gasteiger partial charge in [-0.15, -0.1) is 0 Å². The van der Waals surface area contributed by atoms with Crippen molar-refractivity contribution >= 4 is 17.5 Å². The molecule has 2 atom stereocenters. The summed E-state index contributed by atoms with van der Waals surface area (Å²) in [7, 11) is 0. The highest BCUT2D eigenvalue weighted by molar-refractivity contribution is 6.33. The number of halogens is 2. The second kappa shape index (κ2) is 5.10. The molecule has 1 amide bonds. The average molecular weight is 283 g/mol.